The van der Waals surface area contributed by atoms with Crippen molar-refractivity contribution in [3.63, 3.8) is 0 Å². The number of benzene rings is 1. The lowest BCUT2D eigenvalue weighted by molar-refractivity contribution is 0.301. The van der Waals surface area contributed by atoms with Crippen LogP contribution in [0.5, 0.6) is 5.75 Å². The highest BCUT2D eigenvalue weighted by Gasteiger charge is 2.06. The third-order valence-corrected chi connectivity index (χ3v) is 3.64. The highest BCUT2D eigenvalue weighted by molar-refractivity contribution is 9.10. The highest BCUT2D eigenvalue weighted by atomic mass is 79.9. The number of ether oxygens (including phenoxy) is 1. The third-order valence-electron chi connectivity index (χ3n) is 3.05. The molecule has 3 heteroatoms. The van der Waals surface area contributed by atoms with Gasteiger partial charge in [-0.2, -0.15) is 0 Å². The first-order valence-electron chi connectivity index (χ1n) is 6.67. The molecule has 0 aliphatic carbocycles. The number of hydrogen-bond donors (Lipinski definition) is 1. The highest BCUT2D eigenvalue weighted by Crippen LogP contribution is 2.30. The van der Waals surface area contributed by atoms with Crippen molar-refractivity contribution in [2.75, 3.05) is 13.2 Å². The van der Waals surface area contributed by atoms with Crippen LogP contribution < -0.4 is 10.1 Å². The van der Waals surface area contributed by atoms with Crippen molar-refractivity contribution in [3.8, 4) is 5.75 Å². The first-order chi connectivity index (χ1) is 8.54. The van der Waals surface area contributed by atoms with E-state index in [1.54, 1.807) is 0 Å². The lowest BCUT2D eigenvalue weighted by atomic mass is 10.1. The van der Waals surface area contributed by atoms with Crippen LogP contribution in [-0.2, 0) is 0 Å². The van der Waals surface area contributed by atoms with Gasteiger partial charge in [0.05, 0.1) is 11.1 Å². The summed E-state index contributed by atoms with van der Waals surface area (Å²) in [6, 6.07) is 4.84. The number of nitrogens with one attached hydrogen (secondary N) is 1. The van der Waals surface area contributed by atoms with Gasteiger partial charge < -0.3 is 10.1 Å². The van der Waals surface area contributed by atoms with Crippen molar-refractivity contribution < 1.29 is 4.74 Å². The summed E-state index contributed by atoms with van der Waals surface area (Å²) >= 11 is 3.56. The molecule has 0 aromatic heterocycles. The molecule has 18 heavy (non-hydrogen) atoms. The molecule has 0 unspecified atom stereocenters. The molecule has 0 saturated heterocycles. The first-order valence-corrected chi connectivity index (χ1v) is 7.46. The molecule has 0 radical (unpaired) electrons. The lowest BCUT2D eigenvalue weighted by Crippen LogP contribution is -2.27. The van der Waals surface area contributed by atoms with Gasteiger partial charge >= 0.3 is 0 Å². The van der Waals surface area contributed by atoms with Gasteiger partial charge in [-0.1, -0.05) is 13.0 Å². The maximum absolute atomic E-state index is 5.85. The first kappa shape index (κ1) is 15.5. The van der Waals surface area contributed by atoms with E-state index in [9.17, 15) is 0 Å². The van der Waals surface area contributed by atoms with E-state index in [-0.39, 0.29) is 0 Å². The van der Waals surface area contributed by atoms with Crippen LogP contribution in [0.25, 0.3) is 0 Å². The van der Waals surface area contributed by atoms with E-state index in [1.807, 2.05) is 0 Å². The maximum Gasteiger partial charge on any atom is 0.136 e. The molecule has 0 amide bonds. The van der Waals surface area contributed by atoms with E-state index < -0.39 is 0 Å². The van der Waals surface area contributed by atoms with Gasteiger partial charge in [0, 0.05) is 6.04 Å². The Kier molecular flexibility index (Phi) is 6.72. The van der Waals surface area contributed by atoms with Crippen molar-refractivity contribution in [2.24, 2.45) is 0 Å². The summed E-state index contributed by atoms with van der Waals surface area (Å²) in [5.41, 5.74) is 2.45. The van der Waals surface area contributed by atoms with Crippen LogP contribution in [0.4, 0.5) is 0 Å². The van der Waals surface area contributed by atoms with Gasteiger partial charge in [0.2, 0.25) is 0 Å². The van der Waals surface area contributed by atoms with Crippen LogP contribution >= 0.6 is 15.9 Å². The molecule has 0 fully saturated rings. The lowest BCUT2D eigenvalue weighted by Gasteiger charge is -2.14. The second-order valence-corrected chi connectivity index (χ2v) is 5.71. The monoisotopic (exact) mass is 313 g/mol. The maximum atomic E-state index is 5.85. The SMILES string of the molecule is CC[C@@H](C)NCCCOc1c(C)cc(C)cc1Br. The summed E-state index contributed by atoms with van der Waals surface area (Å²) in [7, 11) is 0. The minimum Gasteiger partial charge on any atom is -0.492 e. The zero-order chi connectivity index (χ0) is 13.5. The Morgan fingerprint density at radius 3 is 2.67 bits per heavy atom. The summed E-state index contributed by atoms with van der Waals surface area (Å²) in [4.78, 5) is 0. The van der Waals surface area contributed by atoms with E-state index in [4.69, 9.17) is 4.74 Å². The van der Waals surface area contributed by atoms with Crippen LogP contribution in [-0.4, -0.2) is 19.2 Å². The van der Waals surface area contributed by atoms with Gasteiger partial charge in [-0.25, -0.2) is 0 Å². The summed E-state index contributed by atoms with van der Waals surface area (Å²) in [5.74, 6) is 0.976. The molecule has 0 bridgehead atoms. The van der Waals surface area contributed by atoms with Crippen LogP contribution in [0.2, 0.25) is 0 Å². The number of halogens is 1. The average Bonchev–Trinajstić information content (AvgIpc) is 2.31. The Labute approximate surface area is 119 Å². The molecule has 0 saturated carbocycles. The summed E-state index contributed by atoms with van der Waals surface area (Å²) in [6.45, 7) is 10.4. The molecular formula is C15H24BrNO. The normalized spacial score (nSPS) is 12.5. The predicted molar refractivity (Wildman–Crippen MR) is 81.5 cm³/mol. The van der Waals surface area contributed by atoms with Gasteiger partial charge in [0.25, 0.3) is 0 Å². The van der Waals surface area contributed by atoms with Crippen molar-refractivity contribution in [3.05, 3.63) is 27.7 Å². The Hall–Kier alpha value is -0.540. The number of rotatable bonds is 7. The Morgan fingerprint density at radius 2 is 2.06 bits per heavy atom. The van der Waals surface area contributed by atoms with Crippen molar-refractivity contribution in [2.45, 2.75) is 46.6 Å². The smallest absolute Gasteiger partial charge is 0.136 e. The topological polar surface area (TPSA) is 21.3 Å². The summed E-state index contributed by atoms with van der Waals surface area (Å²) in [6.07, 6.45) is 2.20. The van der Waals surface area contributed by atoms with Crippen LogP contribution in [0, 0.1) is 13.8 Å². The number of aryl methyl sites for hydroxylation is 2. The van der Waals surface area contributed by atoms with Gasteiger partial charge in [-0.3, -0.25) is 0 Å². The molecule has 2 nitrogen and oxygen atoms in total. The van der Waals surface area contributed by atoms with E-state index in [2.05, 4.69) is 61.1 Å². The fourth-order valence-electron chi connectivity index (χ4n) is 1.82. The molecular weight excluding hydrogens is 290 g/mol. The second-order valence-electron chi connectivity index (χ2n) is 4.86. The molecule has 1 aromatic carbocycles. The molecule has 1 N–H and O–H groups in total. The zero-order valence-electron chi connectivity index (χ0n) is 11.8. The Bertz CT molecular complexity index is 356. The number of hydrogen-bond acceptors (Lipinski definition) is 2. The average molecular weight is 314 g/mol. The third kappa shape index (κ3) is 4.99. The van der Waals surface area contributed by atoms with Crippen LogP contribution in [0.15, 0.2) is 16.6 Å². The van der Waals surface area contributed by atoms with Crippen LogP contribution in [0.1, 0.15) is 37.8 Å². The van der Waals surface area contributed by atoms with Crippen molar-refractivity contribution in [1.29, 1.82) is 0 Å². The standard InChI is InChI=1S/C15H24BrNO/c1-5-13(4)17-7-6-8-18-15-12(3)9-11(2)10-14(15)16/h9-10,13,17H,5-8H2,1-4H3/t13-/m1/s1. The van der Waals surface area contributed by atoms with E-state index in [0.29, 0.717) is 6.04 Å². The van der Waals surface area contributed by atoms with Gasteiger partial charge in [0.15, 0.2) is 0 Å². The van der Waals surface area contributed by atoms with E-state index in [0.717, 1.165) is 29.8 Å². The van der Waals surface area contributed by atoms with Gasteiger partial charge in [-0.05, 0) is 73.3 Å². The van der Waals surface area contributed by atoms with Gasteiger partial charge in [0.1, 0.15) is 5.75 Å². The minimum absolute atomic E-state index is 0.595. The van der Waals surface area contributed by atoms with E-state index >= 15 is 0 Å². The van der Waals surface area contributed by atoms with Crippen LogP contribution in [0.3, 0.4) is 0 Å². The largest absolute Gasteiger partial charge is 0.492 e. The fraction of sp³-hybridized carbons (Fsp3) is 0.600. The predicted octanol–water partition coefficient (Wildman–Crippen LogP) is 4.22. The van der Waals surface area contributed by atoms with Crippen molar-refractivity contribution >= 4 is 15.9 Å². The summed E-state index contributed by atoms with van der Waals surface area (Å²) < 4.78 is 6.90. The molecule has 1 atom stereocenters. The van der Waals surface area contributed by atoms with Crippen molar-refractivity contribution in [1.82, 2.24) is 5.32 Å². The quantitative estimate of drug-likeness (QED) is 0.761. The molecule has 1 rings (SSSR count). The minimum atomic E-state index is 0.595. The van der Waals surface area contributed by atoms with E-state index in [1.165, 1.54) is 17.5 Å². The molecule has 102 valence electrons. The fourth-order valence-corrected chi connectivity index (χ4v) is 2.61. The molecule has 0 spiro atoms. The molecule has 0 aliphatic heterocycles. The molecule has 0 aliphatic rings. The molecule has 1 aromatic rings. The Balaban J connectivity index is 2.36. The zero-order valence-corrected chi connectivity index (χ0v) is 13.4. The Morgan fingerprint density at radius 1 is 1.33 bits per heavy atom. The summed E-state index contributed by atoms with van der Waals surface area (Å²) in [5, 5.41) is 3.47. The molecule has 0 heterocycles. The second kappa shape index (κ2) is 7.80. The van der Waals surface area contributed by atoms with Gasteiger partial charge in [-0.15, -0.1) is 0 Å².